The second-order valence-corrected chi connectivity index (χ2v) is 5.66. The molecule has 0 saturated carbocycles. The van der Waals surface area contributed by atoms with Gasteiger partial charge in [-0.05, 0) is 32.6 Å². The molecule has 1 saturated heterocycles. The minimum atomic E-state index is 0.135. The Bertz CT molecular complexity index is 312. The lowest BCUT2D eigenvalue weighted by Crippen LogP contribution is -2.49. The molecule has 1 fully saturated rings. The molecule has 1 rings (SSSR count). The molecule has 1 atom stereocenters. The zero-order chi connectivity index (χ0) is 15.0. The Morgan fingerprint density at radius 3 is 2.45 bits per heavy atom. The second-order valence-electron chi connectivity index (χ2n) is 5.66. The van der Waals surface area contributed by atoms with Crippen LogP contribution in [0.4, 0.5) is 0 Å². The van der Waals surface area contributed by atoms with Crippen LogP contribution in [-0.2, 0) is 9.59 Å². The summed E-state index contributed by atoms with van der Waals surface area (Å²) in [4.78, 5) is 25.5. The molecule has 0 bridgehead atoms. The molecular formula is C15H29N3O2. The van der Waals surface area contributed by atoms with Crippen LogP contribution in [0.5, 0.6) is 0 Å². The van der Waals surface area contributed by atoms with Crippen LogP contribution in [0.2, 0.25) is 0 Å². The zero-order valence-electron chi connectivity index (χ0n) is 13.1. The van der Waals surface area contributed by atoms with E-state index in [2.05, 4.69) is 24.5 Å². The van der Waals surface area contributed by atoms with Crippen molar-refractivity contribution < 1.29 is 9.59 Å². The summed E-state index contributed by atoms with van der Waals surface area (Å²) in [7, 11) is 0. The zero-order valence-corrected chi connectivity index (χ0v) is 13.1. The summed E-state index contributed by atoms with van der Waals surface area (Å²) in [5, 5.41) is 6.27. The van der Waals surface area contributed by atoms with Crippen molar-refractivity contribution in [3.63, 3.8) is 0 Å². The fourth-order valence-electron chi connectivity index (χ4n) is 2.32. The number of carbonyl (C=O) groups is 2. The molecule has 2 amide bonds. The van der Waals surface area contributed by atoms with E-state index in [1.54, 1.807) is 0 Å². The Hall–Kier alpha value is -1.10. The van der Waals surface area contributed by atoms with Gasteiger partial charge in [-0.1, -0.05) is 13.8 Å². The molecule has 1 unspecified atom stereocenters. The molecule has 1 heterocycles. The highest BCUT2D eigenvalue weighted by atomic mass is 16.2. The van der Waals surface area contributed by atoms with Crippen LogP contribution >= 0.6 is 0 Å². The summed E-state index contributed by atoms with van der Waals surface area (Å²) in [5.41, 5.74) is 0. The van der Waals surface area contributed by atoms with Gasteiger partial charge in [0.25, 0.3) is 0 Å². The third-order valence-electron chi connectivity index (χ3n) is 3.90. The van der Waals surface area contributed by atoms with Crippen molar-refractivity contribution >= 4 is 11.8 Å². The average molecular weight is 283 g/mol. The van der Waals surface area contributed by atoms with Gasteiger partial charge in [-0.2, -0.15) is 0 Å². The van der Waals surface area contributed by atoms with Gasteiger partial charge < -0.3 is 15.5 Å². The van der Waals surface area contributed by atoms with E-state index in [1.165, 1.54) is 0 Å². The lowest BCUT2D eigenvalue weighted by molar-refractivity contribution is -0.131. The quantitative estimate of drug-likeness (QED) is 0.740. The summed E-state index contributed by atoms with van der Waals surface area (Å²) in [6, 6.07) is 0.616. The first-order chi connectivity index (χ1) is 9.56. The van der Waals surface area contributed by atoms with Crippen molar-refractivity contribution in [1.82, 2.24) is 15.5 Å². The fourth-order valence-corrected chi connectivity index (χ4v) is 2.32. The molecule has 20 heavy (non-hydrogen) atoms. The molecule has 1 aliphatic rings. The maximum absolute atomic E-state index is 12.0. The predicted molar refractivity (Wildman–Crippen MR) is 80.4 cm³/mol. The first kappa shape index (κ1) is 17.0. The van der Waals surface area contributed by atoms with Crippen LogP contribution in [0, 0.1) is 0 Å². The van der Waals surface area contributed by atoms with Gasteiger partial charge in [-0.25, -0.2) is 0 Å². The van der Waals surface area contributed by atoms with Crippen molar-refractivity contribution in [3.8, 4) is 0 Å². The van der Waals surface area contributed by atoms with Gasteiger partial charge in [0.05, 0.1) is 6.54 Å². The second kappa shape index (κ2) is 8.95. The van der Waals surface area contributed by atoms with E-state index in [4.69, 9.17) is 0 Å². The topological polar surface area (TPSA) is 61.4 Å². The third-order valence-corrected chi connectivity index (χ3v) is 3.90. The van der Waals surface area contributed by atoms with E-state index in [0.29, 0.717) is 19.0 Å². The summed E-state index contributed by atoms with van der Waals surface area (Å²) < 4.78 is 0. The van der Waals surface area contributed by atoms with Crippen LogP contribution in [0.15, 0.2) is 0 Å². The monoisotopic (exact) mass is 283 g/mol. The summed E-state index contributed by atoms with van der Waals surface area (Å²) in [5.74, 6) is 0.305. The smallest absolute Gasteiger partial charge is 0.236 e. The van der Waals surface area contributed by atoms with Crippen LogP contribution in [-0.4, -0.2) is 48.4 Å². The van der Waals surface area contributed by atoms with Crippen molar-refractivity contribution in [3.05, 3.63) is 0 Å². The maximum atomic E-state index is 12.0. The first-order valence-electron chi connectivity index (χ1n) is 7.87. The van der Waals surface area contributed by atoms with Crippen LogP contribution in [0.1, 0.15) is 52.9 Å². The number of likely N-dealkylation sites (tertiary alicyclic amines) is 1. The lowest BCUT2D eigenvalue weighted by Gasteiger charge is -2.32. The van der Waals surface area contributed by atoms with E-state index in [0.717, 1.165) is 38.8 Å². The summed E-state index contributed by atoms with van der Waals surface area (Å²) >= 11 is 0. The Labute approximate surface area is 122 Å². The van der Waals surface area contributed by atoms with Gasteiger partial charge >= 0.3 is 0 Å². The van der Waals surface area contributed by atoms with E-state index in [9.17, 15) is 9.59 Å². The van der Waals surface area contributed by atoms with Gasteiger partial charge in [-0.15, -0.1) is 0 Å². The van der Waals surface area contributed by atoms with Crippen LogP contribution < -0.4 is 10.6 Å². The van der Waals surface area contributed by atoms with E-state index >= 15 is 0 Å². The number of hydrogen-bond donors (Lipinski definition) is 2. The molecule has 116 valence electrons. The number of hydrogen-bond acceptors (Lipinski definition) is 3. The van der Waals surface area contributed by atoms with Crippen molar-refractivity contribution in [1.29, 1.82) is 0 Å². The average Bonchev–Trinajstić information content (AvgIpc) is 2.45. The van der Waals surface area contributed by atoms with Crippen LogP contribution in [0.25, 0.3) is 0 Å². The molecular weight excluding hydrogens is 254 g/mol. The molecule has 1 aliphatic heterocycles. The largest absolute Gasteiger partial charge is 0.353 e. The lowest BCUT2D eigenvalue weighted by atomic mass is 10.0. The van der Waals surface area contributed by atoms with Crippen LogP contribution in [0.3, 0.4) is 0 Å². The van der Waals surface area contributed by atoms with Gasteiger partial charge in [0.1, 0.15) is 0 Å². The maximum Gasteiger partial charge on any atom is 0.236 e. The number of nitrogens with one attached hydrogen (secondary N) is 2. The molecule has 0 aliphatic carbocycles. The Morgan fingerprint density at radius 1 is 1.25 bits per heavy atom. The molecule has 2 N–H and O–H groups in total. The molecule has 0 radical (unpaired) electrons. The highest BCUT2D eigenvalue weighted by Gasteiger charge is 2.23. The molecule has 0 aromatic carbocycles. The first-order valence-corrected chi connectivity index (χ1v) is 7.87. The van der Waals surface area contributed by atoms with Gasteiger partial charge in [0.15, 0.2) is 0 Å². The normalized spacial score (nSPS) is 17.9. The molecule has 5 heteroatoms. The minimum absolute atomic E-state index is 0.135. The SMILES string of the molecule is CCCC(=O)NC1CCN(C(=O)CNC(C)CC)CC1. The number of carbonyl (C=O) groups excluding carboxylic acids is 2. The van der Waals surface area contributed by atoms with Crippen molar-refractivity contribution in [2.45, 2.75) is 65.0 Å². The van der Waals surface area contributed by atoms with E-state index in [-0.39, 0.29) is 17.9 Å². The number of nitrogens with zero attached hydrogens (tertiary/aromatic N) is 1. The summed E-state index contributed by atoms with van der Waals surface area (Å²) in [6.07, 6.45) is 4.23. The Kier molecular flexibility index (Phi) is 7.59. The van der Waals surface area contributed by atoms with Gasteiger partial charge in [0.2, 0.25) is 11.8 Å². The molecule has 0 spiro atoms. The highest BCUT2D eigenvalue weighted by Crippen LogP contribution is 2.10. The van der Waals surface area contributed by atoms with Gasteiger partial charge in [-0.3, -0.25) is 9.59 Å². The minimum Gasteiger partial charge on any atom is -0.353 e. The van der Waals surface area contributed by atoms with E-state index in [1.807, 2.05) is 11.8 Å². The Morgan fingerprint density at radius 2 is 1.90 bits per heavy atom. The van der Waals surface area contributed by atoms with Gasteiger partial charge in [0, 0.05) is 31.6 Å². The van der Waals surface area contributed by atoms with E-state index < -0.39 is 0 Å². The number of amides is 2. The van der Waals surface area contributed by atoms with Crippen molar-refractivity contribution in [2.24, 2.45) is 0 Å². The highest BCUT2D eigenvalue weighted by molar-refractivity contribution is 5.78. The molecule has 0 aromatic heterocycles. The predicted octanol–water partition coefficient (Wildman–Crippen LogP) is 1.28. The third kappa shape index (κ3) is 5.90. The fraction of sp³-hybridized carbons (Fsp3) is 0.867. The van der Waals surface area contributed by atoms with Crippen molar-refractivity contribution in [2.75, 3.05) is 19.6 Å². The number of rotatable bonds is 7. The summed E-state index contributed by atoms with van der Waals surface area (Å²) in [6.45, 7) is 8.11. The molecule has 0 aromatic rings. The standard InChI is InChI=1S/C15H29N3O2/c1-4-6-14(19)17-13-7-9-18(10-8-13)15(20)11-16-12(3)5-2/h12-13,16H,4-11H2,1-3H3,(H,17,19). The number of piperidine rings is 1. The molecule has 5 nitrogen and oxygen atoms in total. The Balaban J connectivity index is 2.24.